The molecule has 0 bridgehead atoms. The Kier molecular flexibility index (Phi) is 4.60. The third-order valence-corrected chi connectivity index (χ3v) is 3.33. The Balaban J connectivity index is 1.95. The van der Waals surface area contributed by atoms with Crippen molar-refractivity contribution in [3.05, 3.63) is 46.4 Å². The van der Waals surface area contributed by atoms with Crippen LogP contribution in [-0.4, -0.2) is 22.5 Å². The van der Waals surface area contributed by atoms with Gasteiger partial charge in [0.25, 0.3) is 5.91 Å². The minimum atomic E-state index is -0.845. The quantitative estimate of drug-likeness (QED) is 0.523. The zero-order valence-electron chi connectivity index (χ0n) is 10.1. The van der Waals surface area contributed by atoms with Crippen LogP contribution < -0.4 is 5.32 Å². The molecule has 0 atom stereocenters. The van der Waals surface area contributed by atoms with Crippen molar-refractivity contribution >= 4 is 45.5 Å². The number of thiazole rings is 1. The van der Waals surface area contributed by atoms with Gasteiger partial charge in [0, 0.05) is 22.2 Å². The molecule has 7 heteroatoms. The molecule has 20 heavy (non-hydrogen) atoms. The Morgan fingerprint density at radius 2 is 1.90 bits per heavy atom. The van der Waals surface area contributed by atoms with Gasteiger partial charge in [-0.2, -0.15) is 0 Å². The number of rotatable bonds is 5. The summed E-state index contributed by atoms with van der Waals surface area (Å²) in [6, 6.07) is 6.12. The molecule has 0 spiro atoms. The number of nitrogens with one attached hydrogen (secondary N) is 1. The predicted octanol–water partition coefficient (Wildman–Crippen LogP) is 2.58. The van der Waals surface area contributed by atoms with E-state index >= 15 is 0 Å². The first-order valence-corrected chi connectivity index (χ1v) is 6.84. The smallest absolute Gasteiger partial charge is 0.294 e. The molecule has 1 N–H and O–H groups in total. The van der Waals surface area contributed by atoms with Crippen molar-refractivity contribution in [3.8, 4) is 0 Å². The minimum absolute atomic E-state index is 0.322. The van der Waals surface area contributed by atoms with Crippen LogP contribution in [0.15, 0.2) is 35.8 Å². The highest BCUT2D eigenvalue weighted by molar-refractivity contribution is 7.13. The molecule has 0 aliphatic rings. The Bertz CT molecular complexity index is 638. The SMILES string of the molecule is O=C(CC(=O)c1ccc(Cl)cc1)C(=O)Nc1nccs1. The summed E-state index contributed by atoms with van der Waals surface area (Å²) in [5.74, 6) is -2.08. The second kappa shape index (κ2) is 6.40. The molecule has 1 aromatic heterocycles. The van der Waals surface area contributed by atoms with Crippen LogP contribution in [0.25, 0.3) is 0 Å². The molecule has 1 amide bonds. The molecule has 0 saturated heterocycles. The Morgan fingerprint density at radius 1 is 1.20 bits per heavy atom. The lowest BCUT2D eigenvalue weighted by Gasteiger charge is -2.01. The molecule has 5 nitrogen and oxygen atoms in total. The third kappa shape index (κ3) is 3.72. The fourth-order valence-corrected chi connectivity index (χ4v) is 2.07. The minimum Gasteiger partial charge on any atom is -0.295 e. The van der Waals surface area contributed by atoms with Gasteiger partial charge in [-0.25, -0.2) is 4.98 Å². The molecule has 0 aliphatic carbocycles. The lowest BCUT2D eigenvalue weighted by atomic mass is 10.1. The average Bonchev–Trinajstić information content (AvgIpc) is 2.92. The molecular formula is C13H9ClN2O3S. The number of hydrogen-bond acceptors (Lipinski definition) is 5. The number of Topliss-reactive ketones (excluding diaryl/α,β-unsaturated/α-hetero) is 2. The summed E-state index contributed by atoms with van der Waals surface area (Å²) in [7, 11) is 0. The molecule has 0 fully saturated rings. The number of nitrogens with zero attached hydrogens (tertiary/aromatic N) is 1. The second-order valence-electron chi connectivity index (χ2n) is 3.82. The van der Waals surface area contributed by atoms with Crippen molar-refractivity contribution in [1.29, 1.82) is 0 Å². The topological polar surface area (TPSA) is 76.1 Å². The lowest BCUT2D eigenvalue weighted by molar-refractivity contribution is -0.134. The van der Waals surface area contributed by atoms with E-state index in [0.29, 0.717) is 15.7 Å². The second-order valence-corrected chi connectivity index (χ2v) is 5.15. The van der Waals surface area contributed by atoms with Crippen molar-refractivity contribution in [1.82, 2.24) is 4.98 Å². The van der Waals surface area contributed by atoms with Crippen LogP contribution >= 0.6 is 22.9 Å². The average molecular weight is 309 g/mol. The zero-order chi connectivity index (χ0) is 14.5. The summed E-state index contributed by atoms with van der Waals surface area (Å²) in [4.78, 5) is 38.8. The Morgan fingerprint density at radius 3 is 2.50 bits per heavy atom. The van der Waals surface area contributed by atoms with Crippen LogP contribution in [0.1, 0.15) is 16.8 Å². The highest BCUT2D eigenvalue weighted by atomic mass is 35.5. The van der Waals surface area contributed by atoms with Crippen molar-refractivity contribution in [3.63, 3.8) is 0 Å². The van der Waals surface area contributed by atoms with E-state index < -0.39 is 23.9 Å². The van der Waals surface area contributed by atoms with Crippen molar-refractivity contribution in [2.45, 2.75) is 6.42 Å². The number of hydrogen-bond donors (Lipinski definition) is 1. The van der Waals surface area contributed by atoms with Crippen molar-refractivity contribution in [2.24, 2.45) is 0 Å². The molecule has 2 aromatic rings. The van der Waals surface area contributed by atoms with Gasteiger partial charge in [0.15, 0.2) is 10.9 Å². The van der Waals surface area contributed by atoms with E-state index in [9.17, 15) is 14.4 Å². The van der Waals surface area contributed by atoms with Gasteiger partial charge in [0.1, 0.15) is 0 Å². The molecule has 0 saturated carbocycles. The van der Waals surface area contributed by atoms with Gasteiger partial charge < -0.3 is 0 Å². The van der Waals surface area contributed by atoms with E-state index in [1.807, 2.05) is 0 Å². The molecule has 2 rings (SSSR count). The highest BCUT2D eigenvalue weighted by Gasteiger charge is 2.19. The summed E-state index contributed by atoms with van der Waals surface area (Å²) in [6.07, 6.45) is 1.02. The van der Waals surface area contributed by atoms with E-state index in [2.05, 4.69) is 10.3 Å². The maximum absolute atomic E-state index is 11.8. The number of anilines is 1. The van der Waals surface area contributed by atoms with E-state index in [-0.39, 0.29) is 0 Å². The summed E-state index contributed by atoms with van der Waals surface area (Å²) in [5, 5.41) is 4.82. The van der Waals surface area contributed by atoms with Gasteiger partial charge in [-0.15, -0.1) is 11.3 Å². The largest absolute Gasteiger partial charge is 0.295 e. The molecule has 102 valence electrons. The summed E-state index contributed by atoms with van der Waals surface area (Å²) >= 11 is 6.89. The van der Waals surface area contributed by atoms with Gasteiger partial charge in [0.2, 0.25) is 5.78 Å². The van der Waals surface area contributed by atoms with E-state index in [4.69, 9.17) is 11.6 Å². The zero-order valence-corrected chi connectivity index (χ0v) is 11.7. The first kappa shape index (κ1) is 14.4. The first-order valence-electron chi connectivity index (χ1n) is 5.58. The number of benzene rings is 1. The number of carbonyl (C=O) groups excluding carboxylic acids is 3. The van der Waals surface area contributed by atoms with E-state index in [1.165, 1.54) is 29.7 Å². The first-order chi connectivity index (χ1) is 9.56. The monoisotopic (exact) mass is 308 g/mol. The Labute approximate surface area is 123 Å². The van der Waals surface area contributed by atoms with E-state index in [1.54, 1.807) is 17.5 Å². The van der Waals surface area contributed by atoms with Crippen LogP contribution in [0.3, 0.4) is 0 Å². The van der Waals surface area contributed by atoms with Crippen molar-refractivity contribution in [2.75, 3.05) is 5.32 Å². The summed E-state index contributed by atoms with van der Waals surface area (Å²) < 4.78 is 0. The van der Waals surface area contributed by atoms with Crippen LogP contribution in [0, 0.1) is 0 Å². The lowest BCUT2D eigenvalue weighted by Crippen LogP contribution is -2.25. The van der Waals surface area contributed by atoms with Crippen molar-refractivity contribution < 1.29 is 14.4 Å². The number of halogens is 1. The van der Waals surface area contributed by atoms with Gasteiger partial charge in [0.05, 0.1) is 6.42 Å². The van der Waals surface area contributed by atoms with Gasteiger partial charge in [-0.05, 0) is 24.3 Å². The number of aromatic nitrogens is 1. The normalized spacial score (nSPS) is 10.1. The maximum Gasteiger partial charge on any atom is 0.294 e. The van der Waals surface area contributed by atoms with Crippen LogP contribution in [0.4, 0.5) is 5.13 Å². The number of carbonyl (C=O) groups is 3. The Hall–Kier alpha value is -2.05. The molecule has 0 unspecified atom stereocenters. The molecule has 1 heterocycles. The standard InChI is InChI=1S/C13H9ClN2O3S/c14-9-3-1-8(2-4-9)10(17)7-11(18)12(19)16-13-15-5-6-20-13/h1-6H,7H2,(H,15,16,19). The highest BCUT2D eigenvalue weighted by Crippen LogP contribution is 2.13. The molecule has 0 radical (unpaired) electrons. The van der Waals surface area contributed by atoms with Gasteiger partial charge >= 0.3 is 0 Å². The molecule has 0 aliphatic heterocycles. The summed E-state index contributed by atoms with van der Waals surface area (Å²) in [5.41, 5.74) is 0.338. The molecule has 1 aromatic carbocycles. The predicted molar refractivity (Wildman–Crippen MR) is 76.2 cm³/mol. The third-order valence-electron chi connectivity index (χ3n) is 2.39. The van der Waals surface area contributed by atoms with Crippen LogP contribution in [0.5, 0.6) is 0 Å². The summed E-state index contributed by atoms with van der Waals surface area (Å²) in [6.45, 7) is 0. The number of amides is 1. The van der Waals surface area contributed by atoms with E-state index in [0.717, 1.165) is 0 Å². The molecular weight excluding hydrogens is 300 g/mol. The van der Waals surface area contributed by atoms with Gasteiger partial charge in [-0.3, -0.25) is 19.7 Å². The number of ketones is 2. The fourth-order valence-electron chi connectivity index (χ4n) is 1.42. The van der Waals surface area contributed by atoms with Crippen LogP contribution in [0.2, 0.25) is 5.02 Å². The fraction of sp³-hybridized carbons (Fsp3) is 0.0769. The van der Waals surface area contributed by atoms with Crippen LogP contribution in [-0.2, 0) is 9.59 Å². The van der Waals surface area contributed by atoms with Gasteiger partial charge in [-0.1, -0.05) is 11.6 Å². The maximum atomic E-state index is 11.8.